The predicted octanol–water partition coefficient (Wildman–Crippen LogP) is 4.61. The SMILES string of the molecule is COc1ccccc1CCN1COc2ccc3c(c2C1)O/C(=C\c1ccc([N+](=O)[O-])cc1)C3=O. The van der Waals surface area contributed by atoms with Gasteiger partial charge < -0.3 is 14.2 Å². The fraction of sp³-hybridized carbons (Fsp3) is 0.192. The van der Waals surface area contributed by atoms with Crippen molar-refractivity contribution in [1.82, 2.24) is 4.90 Å². The summed E-state index contributed by atoms with van der Waals surface area (Å²) in [7, 11) is 1.67. The Morgan fingerprint density at radius 1 is 1.12 bits per heavy atom. The van der Waals surface area contributed by atoms with Gasteiger partial charge in [-0.3, -0.25) is 19.8 Å². The van der Waals surface area contributed by atoms with Gasteiger partial charge in [-0.25, -0.2) is 0 Å². The average Bonchev–Trinajstić information content (AvgIpc) is 3.18. The molecule has 3 aromatic carbocycles. The lowest BCUT2D eigenvalue weighted by atomic mass is 10.0. The minimum absolute atomic E-state index is 0.0106. The van der Waals surface area contributed by atoms with Gasteiger partial charge in [0.15, 0.2) is 5.76 Å². The quantitative estimate of drug-likeness (QED) is 0.303. The van der Waals surface area contributed by atoms with Gasteiger partial charge in [0.1, 0.15) is 24.0 Å². The molecule has 8 nitrogen and oxygen atoms in total. The number of ether oxygens (including phenoxy) is 3. The van der Waals surface area contributed by atoms with E-state index in [0.29, 0.717) is 35.9 Å². The Morgan fingerprint density at radius 3 is 2.68 bits per heavy atom. The highest BCUT2D eigenvalue weighted by Crippen LogP contribution is 2.42. The highest BCUT2D eigenvalue weighted by Gasteiger charge is 2.33. The summed E-state index contributed by atoms with van der Waals surface area (Å²) in [6.07, 6.45) is 2.39. The van der Waals surface area contributed by atoms with Crippen molar-refractivity contribution >= 4 is 17.5 Å². The van der Waals surface area contributed by atoms with Crippen LogP contribution in [-0.4, -0.2) is 36.0 Å². The van der Waals surface area contributed by atoms with Crippen molar-refractivity contribution < 1.29 is 23.9 Å². The Kier molecular flexibility index (Phi) is 5.73. The highest BCUT2D eigenvalue weighted by atomic mass is 16.6. The largest absolute Gasteiger partial charge is 0.496 e. The Labute approximate surface area is 196 Å². The van der Waals surface area contributed by atoms with Crippen LogP contribution in [0.5, 0.6) is 17.2 Å². The topological polar surface area (TPSA) is 91.1 Å². The molecule has 0 saturated heterocycles. The number of Topliss-reactive ketones (excluding diaryl/α,β-unsaturated/α-hetero) is 1. The number of para-hydroxylation sites is 1. The number of rotatable bonds is 6. The van der Waals surface area contributed by atoms with Crippen molar-refractivity contribution in [3.05, 3.63) is 98.8 Å². The number of hydrogen-bond acceptors (Lipinski definition) is 7. The van der Waals surface area contributed by atoms with Crippen LogP contribution in [-0.2, 0) is 13.0 Å². The zero-order chi connectivity index (χ0) is 23.7. The Balaban J connectivity index is 1.34. The molecule has 0 radical (unpaired) electrons. The van der Waals surface area contributed by atoms with Gasteiger partial charge in [-0.15, -0.1) is 0 Å². The lowest BCUT2D eigenvalue weighted by Gasteiger charge is -2.29. The van der Waals surface area contributed by atoms with Crippen LogP contribution in [0.25, 0.3) is 6.08 Å². The summed E-state index contributed by atoms with van der Waals surface area (Å²) in [6, 6.07) is 17.4. The van der Waals surface area contributed by atoms with E-state index >= 15 is 0 Å². The minimum atomic E-state index is -0.462. The number of nitro groups is 1. The molecular formula is C26H22N2O6. The van der Waals surface area contributed by atoms with Crippen LogP contribution in [0.4, 0.5) is 5.69 Å². The van der Waals surface area contributed by atoms with Gasteiger partial charge in [0.2, 0.25) is 5.78 Å². The first-order valence-electron chi connectivity index (χ1n) is 10.8. The van der Waals surface area contributed by atoms with Gasteiger partial charge in [0.05, 0.1) is 23.2 Å². The molecule has 3 aromatic rings. The molecule has 0 atom stereocenters. The highest BCUT2D eigenvalue weighted by molar-refractivity contribution is 6.15. The van der Waals surface area contributed by atoms with Crippen LogP contribution in [0.2, 0.25) is 0 Å². The number of fused-ring (bicyclic) bond motifs is 3. The second kappa shape index (κ2) is 8.99. The van der Waals surface area contributed by atoms with E-state index in [-0.39, 0.29) is 17.2 Å². The maximum atomic E-state index is 13.0. The number of nitro benzene ring substituents is 1. The van der Waals surface area contributed by atoms with Crippen LogP contribution >= 0.6 is 0 Å². The molecule has 0 aromatic heterocycles. The monoisotopic (exact) mass is 458 g/mol. The molecule has 0 unspecified atom stereocenters. The number of hydrogen-bond donors (Lipinski definition) is 0. The van der Waals surface area contributed by atoms with Crippen molar-refractivity contribution in [1.29, 1.82) is 0 Å². The van der Waals surface area contributed by atoms with E-state index in [2.05, 4.69) is 4.90 Å². The van der Waals surface area contributed by atoms with Crippen LogP contribution in [0.15, 0.2) is 66.4 Å². The van der Waals surface area contributed by atoms with E-state index in [9.17, 15) is 14.9 Å². The molecular weight excluding hydrogens is 436 g/mol. The Hall–Kier alpha value is -4.17. The molecule has 0 fully saturated rings. The first-order chi connectivity index (χ1) is 16.5. The molecule has 0 saturated carbocycles. The summed E-state index contributed by atoms with van der Waals surface area (Å²) in [5.74, 6) is 2.04. The third-order valence-corrected chi connectivity index (χ3v) is 5.97. The van der Waals surface area contributed by atoms with Gasteiger partial charge in [-0.1, -0.05) is 18.2 Å². The Morgan fingerprint density at radius 2 is 1.91 bits per heavy atom. The summed E-state index contributed by atoms with van der Waals surface area (Å²) < 4.78 is 17.4. The zero-order valence-corrected chi connectivity index (χ0v) is 18.5. The lowest BCUT2D eigenvalue weighted by Crippen LogP contribution is -2.33. The molecule has 2 aliphatic rings. The molecule has 172 valence electrons. The number of nitrogens with zero attached hydrogens (tertiary/aromatic N) is 2. The number of allylic oxidation sites excluding steroid dienone is 1. The number of benzene rings is 3. The lowest BCUT2D eigenvalue weighted by molar-refractivity contribution is -0.384. The van der Waals surface area contributed by atoms with Crippen LogP contribution in [0, 0.1) is 10.1 Å². The number of methoxy groups -OCH3 is 1. The van der Waals surface area contributed by atoms with Crippen molar-refractivity contribution in [3.63, 3.8) is 0 Å². The third kappa shape index (κ3) is 4.11. The number of ketones is 1. The second-order valence-electron chi connectivity index (χ2n) is 8.10. The van der Waals surface area contributed by atoms with Gasteiger partial charge in [0, 0.05) is 25.2 Å². The minimum Gasteiger partial charge on any atom is -0.496 e. The van der Waals surface area contributed by atoms with E-state index in [1.165, 1.54) is 12.1 Å². The molecule has 2 heterocycles. The molecule has 5 rings (SSSR count). The first-order valence-corrected chi connectivity index (χ1v) is 10.8. The van der Waals surface area contributed by atoms with Gasteiger partial charge in [-0.2, -0.15) is 0 Å². The Bertz CT molecular complexity index is 1300. The molecule has 34 heavy (non-hydrogen) atoms. The zero-order valence-electron chi connectivity index (χ0n) is 18.5. The summed E-state index contributed by atoms with van der Waals surface area (Å²) >= 11 is 0. The number of carbonyl (C=O) groups excluding carboxylic acids is 1. The van der Waals surface area contributed by atoms with Gasteiger partial charge in [-0.05, 0) is 54.0 Å². The van der Waals surface area contributed by atoms with Gasteiger partial charge >= 0.3 is 0 Å². The fourth-order valence-corrected chi connectivity index (χ4v) is 4.18. The molecule has 0 bridgehead atoms. The van der Waals surface area contributed by atoms with E-state index in [1.54, 1.807) is 31.4 Å². The summed E-state index contributed by atoms with van der Waals surface area (Å²) in [5, 5.41) is 10.9. The van der Waals surface area contributed by atoms with Crippen LogP contribution < -0.4 is 14.2 Å². The third-order valence-electron chi connectivity index (χ3n) is 5.97. The van der Waals surface area contributed by atoms with Crippen molar-refractivity contribution in [2.45, 2.75) is 13.0 Å². The molecule has 0 aliphatic carbocycles. The van der Waals surface area contributed by atoms with E-state index in [0.717, 1.165) is 29.8 Å². The number of carbonyl (C=O) groups is 1. The van der Waals surface area contributed by atoms with E-state index < -0.39 is 4.92 Å². The van der Waals surface area contributed by atoms with Crippen molar-refractivity contribution in [2.75, 3.05) is 20.4 Å². The summed E-state index contributed by atoms with van der Waals surface area (Å²) in [4.78, 5) is 25.5. The summed E-state index contributed by atoms with van der Waals surface area (Å²) in [5.41, 5.74) is 3.08. The predicted molar refractivity (Wildman–Crippen MR) is 125 cm³/mol. The van der Waals surface area contributed by atoms with Crippen LogP contribution in [0.1, 0.15) is 27.0 Å². The molecule has 0 spiro atoms. The average molecular weight is 458 g/mol. The maximum absolute atomic E-state index is 13.0. The van der Waals surface area contributed by atoms with Crippen LogP contribution in [0.3, 0.4) is 0 Å². The normalized spacial score (nSPS) is 15.9. The molecule has 0 amide bonds. The molecule has 2 aliphatic heterocycles. The van der Waals surface area contributed by atoms with E-state index in [4.69, 9.17) is 14.2 Å². The second-order valence-corrected chi connectivity index (χ2v) is 8.10. The maximum Gasteiger partial charge on any atom is 0.269 e. The molecule has 8 heteroatoms. The first kappa shape index (κ1) is 21.7. The standard InChI is InChI=1S/C26H22N2O6/c1-32-22-5-3-2-4-18(22)12-13-27-15-21-23(33-16-27)11-10-20-25(29)24(34-26(20)21)14-17-6-8-19(9-7-17)28(30)31/h2-11,14H,12-13,15-16H2,1H3/b24-14-. The van der Waals surface area contributed by atoms with Gasteiger partial charge in [0.25, 0.3) is 5.69 Å². The number of non-ortho nitro benzene ring substituents is 1. The van der Waals surface area contributed by atoms with E-state index in [1.807, 2.05) is 30.3 Å². The summed E-state index contributed by atoms with van der Waals surface area (Å²) in [6.45, 7) is 1.79. The fourth-order valence-electron chi connectivity index (χ4n) is 4.18. The van der Waals surface area contributed by atoms with Crippen molar-refractivity contribution in [3.8, 4) is 17.2 Å². The smallest absolute Gasteiger partial charge is 0.269 e. The van der Waals surface area contributed by atoms with Crippen molar-refractivity contribution in [2.24, 2.45) is 0 Å². The molecule has 0 N–H and O–H groups in total.